The topological polar surface area (TPSA) is 97.0 Å². The fourth-order valence-electron chi connectivity index (χ4n) is 3.28. The summed E-state index contributed by atoms with van der Waals surface area (Å²) < 4.78 is 17.9. The maximum absolute atomic E-state index is 13.1. The van der Waals surface area contributed by atoms with Crippen molar-refractivity contribution in [1.82, 2.24) is 10.2 Å². The fraction of sp³-hybridized carbons (Fsp3) is 0.550. The van der Waals surface area contributed by atoms with Crippen molar-refractivity contribution in [2.75, 3.05) is 33.3 Å². The molecule has 0 aromatic heterocycles. The van der Waals surface area contributed by atoms with Gasteiger partial charge >= 0.3 is 5.97 Å². The summed E-state index contributed by atoms with van der Waals surface area (Å²) in [5.41, 5.74) is 6.39. The van der Waals surface area contributed by atoms with Crippen LogP contribution in [0.5, 0.6) is 0 Å². The molecule has 9 heteroatoms. The third kappa shape index (κ3) is 7.79. The number of nitrogens with one attached hydrogen (secondary N) is 1. The first-order valence-corrected chi connectivity index (χ1v) is 9.59. The summed E-state index contributed by atoms with van der Waals surface area (Å²) in [7, 11) is 1.41. The number of nitrogens with zero attached hydrogens (tertiary/aromatic N) is 2. The molecule has 1 amide bonds. The van der Waals surface area contributed by atoms with Gasteiger partial charge in [0.1, 0.15) is 5.82 Å². The van der Waals surface area contributed by atoms with E-state index in [4.69, 9.17) is 10.5 Å². The first kappa shape index (κ1) is 25.1. The molecule has 1 aliphatic heterocycles. The van der Waals surface area contributed by atoms with E-state index in [1.807, 2.05) is 6.92 Å². The number of carbonyl (C=O) groups is 2. The van der Waals surface area contributed by atoms with E-state index >= 15 is 0 Å². The number of halogens is 2. The van der Waals surface area contributed by atoms with Crippen LogP contribution >= 0.6 is 24.0 Å². The van der Waals surface area contributed by atoms with Crippen LogP contribution in [0.25, 0.3) is 0 Å². The first-order chi connectivity index (χ1) is 13.4. The molecule has 7 nitrogen and oxygen atoms in total. The summed E-state index contributed by atoms with van der Waals surface area (Å²) in [4.78, 5) is 30.2. The third-order valence-corrected chi connectivity index (χ3v) is 4.92. The summed E-state index contributed by atoms with van der Waals surface area (Å²) in [6, 6.07) is 6.04. The standard InChI is InChI=1S/C20H29FN4O3.HI/c1-3-23-20(25-10-8-15(9-11-25)19(27)28-2)24-13-16(18(22)26)12-14-4-6-17(21)7-5-14;/h4-7,15-16H,3,8-13H2,1-2H3,(H2,22,26)(H,23,24);1H. The molecule has 29 heavy (non-hydrogen) atoms. The maximum Gasteiger partial charge on any atom is 0.308 e. The number of primary amides is 1. The van der Waals surface area contributed by atoms with E-state index in [2.05, 4.69) is 15.2 Å². The lowest BCUT2D eigenvalue weighted by atomic mass is 9.97. The van der Waals surface area contributed by atoms with Crippen molar-refractivity contribution < 1.29 is 18.7 Å². The number of guanidine groups is 1. The molecule has 2 rings (SSSR count). The minimum atomic E-state index is -0.480. The lowest BCUT2D eigenvalue weighted by Crippen LogP contribution is -2.47. The number of nitrogens with two attached hydrogens (primary N) is 1. The molecule has 1 saturated heterocycles. The molecule has 1 fully saturated rings. The normalized spacial score (nSPS) is 16.0. The average molecular weight is 520 g/mol. The summed E-state index contributed by atoms with van der Waals surface area (Å²) in [6.07, 6.45) is 1.81. The number of carbonyl (C=O) groups excluding carboxylic acids is 2. The Balaban J connectivity index is 0.00000420. The summed E-state index contributed by atoms with van der Waals surface area (Å²) in [5.74, 6) is -0.783. The Bertz CT molecular complexity index is 691. The monoisotopic (exact) mass is 520 g/mol. The molecule has 1 aromatic rings. The highest BCUT2D eigenvalue weighted by atomic mass is 127. The van der Waals surface area contributed by atoms with Gasteiger partial charge in [-0.15, -0.1) is 24.0 Å². The molecular formula is C20H30FIN4O3. The predicted octanol–water partition coefficient (Wildman–Crippen LogP) is 1.94. The molecule has 0 bridgehead atoms. The molecule has 0 aliphatic carbocycles. The van der Waals surface area contributed by atoms with Gasteiger partial charge in [-0.05, 0) is 43.9 Å². The highest BCUT2D eigenvalue weighted by molar-refractivity contribution is 14.0. The quantitative estimate of drug-likeness (QED) is 0.248. The molecular weight excluding hydrogens is 490 g/mol. The second-order valence-corrected chi connectivity index (χ2v) is 6.91. The Morgan fingerprint density at radius 1 is 1.31 bits per heavy atom. The third-order valence-electron chi connectivity index (χ3n) is 4.92. The van der Waals surface area contributed by atoms with Gasteiger partial charge in [0.05, 0.1) is 25.5 Å². The van der Waals surface area contributed by atoms with Crippen molar-refractivity contribution in [3.63, 3.8) is 0 Å². The molecule has 162 valence electrons. The van der Waals surface area contributed by atoms with Gasteiger partial charge < -0.3 is 20.7 Å². The molecule has 0 spiro atoms. The number of benzene rings is 1. The van der Waals surface area contributed by atoms with E-state index in [-0.39, 0.29) is 48.2 Å². The van der Waals surface area contributed by atoms with Crippen LogP contribution in [-0.4, -0.2) is 56.0 Å². The maximum atomic E-state index is 13.1. The van der Waals surface area contributed by atoms with Crippen LogP contribution < -0.4 is 11.1 Å². The number of piperidine rings is 1. The van der Waals surface area contributed by atoms with Gasteiger partial charge in [-0.2, -0.15) is 0 Å². The van der Waals surface area contributed by atoms with E-state index in [0.717, 1.165) is 5.56 Å². The number of amides is 1. The van der Waals surface area contributed by atoms with Crippen LogP contribution in [0.1, 0.15) is 25.3 Å². The van der Waals surface area contributed by atoms with Crippen LogP contribution in [0, 0.1) is 17.7 Å². The molecule has 1 unspecified atom stereocenters. The minimum absolute atomic E-state index is 0. The van der Waals surface area contributed by atoms with Crippen molar-refractivity contribution in [2.45, 2.75) is 26.2 Å². The number of rotatable bonds is 7. The summed E-state index contributed by atoms with van der Waals surface area (Å²) in [6.45, 7) is 4.28. The molecule has 1 aromatic carbocycles. The molecule has 0 saturated carbocycles. The van der Waals surface area contributed by atoms with Crippen LogP contribution in [-0.2, 0) is 20.7 Å². The van der Waals surface area contributed by atoms with Crippen LogP contribution in [0.4, 0.5) is 4.39 Å². The minimum Gasteiger partial charge on any atom is -0.469 e. The zero-order valence-electron chi connectivity index (χ0n) is 16.9. The molecule has 1 atom stereocenters. The number of likely N-dealkylation sites (tertiary alicyclic amines) is 1. The zero-order valence-corrected chi connectivity index (χ0v) is 19.2. The summed E-state index contributed by atoms with van der Waals surface area (Å²) in [5, 5.41) is 3.23. The second kappa shape index (κ2) is 12.6. The number of aliphatic imine (C=N–C) groups is 1. The highest BCUT2D eigenvalue weighted by Gasteiger charge is 2.27. The Morgan fingerprint density at radius 2 is 1.93 bits per heavy atom. The van der Waals surface area contributed by atoms with E-state index in [1.54, 1.807) is 12.1 Å². The van der Waals surface area contributed by atoms with Crippen LogP contribution in [0.15, 0.2) is 29.3 Å². The number of ether oxygens (including phenoxy) is 1. The van der Waals surface area contributed by atoms with Gasteiger partial charge in [0.15, 0.2) is 5.96 Å². The van der Waals surface area contributed by atoms with E-state index in [1.165, 1.54) is 19.2 Å². The van der Waals surface area contributed by atoms with E-state index < -0.39 is 11.8 Å². The van der Waals surface area contributed by atoms with Crippen LogP contribution in [0.2, 0.25) is 0 Å². The number of hydrogen-bond donors (Lipinski definition) is 2. The Labute approximate surface area is 188 Å². The number of hydrogen-bond acceptors (Lipinski definition) is 4. The predicted molar refractivity (Wildman–Crippen MR) is 120 cm³/mol. The lowest BCUT2D eigenvalue weighted by Gasteiger charge is -2.33. The van der Waals surface area contributed by atoms with Gasteiger partial charge in [0.2, 0.25) is 5.91 Å². The number of esters is 1. The van der Waals surface area contributed by atoms with Gasteiger partial charge in [0, 0.05) is 19.6 Å². The smallest absolute Gasteiger partial charge is 0.308 e. The van der Waals surface area contributed by atoms with E-state index in [9.17, 15) is 14.0 Å². The average Bonchev–Trinajstić information content (AvgIpc) is 2.70. The molecule has 3 N–H and O–H groups in total. The SMILES string of the molecule is CCNC(=NCC(Cc1ccc(F)cc1)C(N)=O)N1CCC(C(=O)OC)CC1.I. The highest BCUT2D eigenvalue weighted by Crippen LogP contribution is 2.19. The van der Waals surface area contributed by atoms with Crippen molar-refractivity contribution in [1.29, 1.82) is 0 Å². The Kier molecular flexibility index (Phi) is 10.9. The second-order valence-electron chi connectivity index (χ2n) is 6.91. The Hall–Kier alpha value is -1.91. The molecule has 1 heterocycles. The van der Waals surface area contributed by atoms with Crippen LogP contribution in [0.3, 0.4) is 0 Å². The van der Waals surface area contributed by atoms with Crippen molar-refractivity contribution in [3.05, 3.63) is 35.6 Å². The van der Waals surface area contributed by atoms with Crippen molar-refractivity contribution in [3.8, 4) is 0 Å². The zero-order chi connectivity index (χ0) is 20.5. The molecule has 1 aliphatic rings. The van der Waals surface area contributed by atoms with Gasteiger partial charge in [-0.3, -0.25) is 14.6 Å². The van der Waals surface area contributed by atoms with Crippen molar-refractivity contribution in [2.24, 2.45) is 22.6 Å². The van der Waals surface area contributed by atoms with Gasteiger partial charge in [-0.1, -0.05) is 12.1 Å². The summed E-state index contributed by atoms with van der Waals surface area (Å²) >= 11 is 0. The Morgan fingerprint density at radius 3 is 2.45 bits per heavy atom. The van der Waals surface area contributed by atoms with Crippen molar-refractivity contribution >= 4 is 41.8 Å². The van der Waals surface area contributed by atoms with Gasteiger partial charge in [0.25, 0.3) is 0 Å². The lowest BCUT2D eigenvalue weighted by molar-refractivity contribution is -0.146. The molecule has 0 radical (unpaired) electrons. The largest absolute Gasteiger partial charge is 0.469 e. The number of methoxy groups -OCH3 is 1. The fourth-order valence-corrected chi connectivity index (χ4v) is 3.28. The van der Waals surface area contributed by atoms with Gasteiger partial charge in [-0.25, -0.2) is 4.39 Å². The van der Waals surface area contributed by atoms with E-state index in [0.29, 0.717) is 44.9 Å². The first-order valence-electron chi connectivity index (χ1n) is 9.59.